The Morgan fingerprint density at radius 2 is 2.25 bits per heavy atom. The highest BCUT2D eigenvalue weighted by Gasteiger charge is 2.37. The summed E-state index contributed by atoms with van der Waals surface area (Å²) < 4.78 is 5.37. The Hall–Kier alpha value is -1.51. The monoisotopic (exact) mass is 273 g/mol. The van der Waals surface area contributed by atoms with Gasteiger partial charge in [0.1, 0.15) is 5.75 Å². The first-order chi connectivity index (χ1) is 9.74. The van der Waals surface area contributed by atoms with Crippen molar-refractivity contribution in [2.24, 2.45) is 0 Å². The van der Waals surface area contributed by atoms with E-state index in [0.717, 1.165) is 31.6 Å². The third kappa shape index (κ3) is 2.19. The summed E-state index contributed by atoms with van der Waals surface area (Å²) in [5.74, 6) is 1.74. The molecule has 1 aliphatic carbocycles. The minimum absolute atomic E-state index is 0.311. The fraction of sp³-hybridized carbons (Fsp3) is 0.588. The number of likely N-dealkylation sites (tertiary alicyclic amines) is 1. The lowest BCUT2D eigenvalue weighted by Gasteiger charge is -2.45. The average molecular weight is 273 g/mol. The number of hydrogen-bond acceptors (Lipinski definition) is 2. The van der Waals surface area contributed by atoms with Gasteiger partial charge in [-0.3, -0.25) is 4.79 Å². The molecule has 0 spiro atoms. The molecule has 3 nitrogen and oxygen atoms in total. The van der Waals surface area contributed by atoms with Crippen LogP contribution in [0, 0.1) is 0 Å². The largest absolute Gasteiger partial charge is 0.497 e. The molecule has 0 aromatic heterocycles. The van der Waals surface area contributed by atoms with Crippen LogP contribution in [0.5, 0.6) is 5.75 Å². The second-order valence-corrected chi connectivity index (χ2v) is 5.86. The molecule has 3 rings (SSSR count). The molecule has 0 radical (unpaired) electrons. The van der Waals surface area contributed by atoms with Gasteiger partial charge in [0.2, 0.25) is 5.91 Å². The van der Waals surface area contributed by atoms with E-state index in [0.29, 0.717) is 24.3 Å². The fourth-order valence-corrected chi connectivity index (χ4v) is 3.87. The molecule has 3 heteroatoms. The molecule has 1 heterocycles. The molecule has 0 N–H and O–H groups in total. The van der Waals surface area contributed by atoms with Crippen LogP contribution in [0.1, 0.15) is 49.7 Å². The van der Waals surface area contributed by atoms with Crippen molar-refractivity contribution in [3.63, 3.8) is 0 Å². The standard InChI is InChI=1S/C17H23NO2/c1-3-17(19)18-10-4-5-14-15-11-13(20-2)8-6-12(15)7-9-16(14)18/h6,8,11,14,16H,3-5,7,9-10H2,1-2H3/t14-,16-/m1/s1. The lowest BCUT2D eigenvalue weighted by Crippen LogP contribution is -2.49. The van der Waals surface area contributed by atoms with Gasteiger partial charge in [-0.2, -0.15) is 0 Å². The van der Waals surface area contributed by atoms with E-state index in [9.17, 15) is 4.79 Å². The SMILES string of the molecule is CCC(=O)N1CCC[C@@H]2c3cc(OC)ccc3CC[C@H]21. The van der Waals surface area contributed by atoms with Crippen LogP contribution in [0.2, 0.25) is 0 Å². The van der Waals surface area contributed by atoms with Gasteiger partial charge >= 0.3 is 0 Å². The van der Waals surface area contributed by atoms with Crippen LogP contribution in [0.15, 0.2) is 18.2 Å². The number of benzene rings is 1. The van der Waals surface area contributed by atoms with E-state index in [1.165, 1.54) is 17.5 Å². The van der Waals surface area contributed by atoms with Crippen molar-refractivity contribution in [1.29, 1.82) is 0 Å². The number of carbonyl (C=O) groups is 1. The average Bonchev–Trinajstić information content (AvgIpc) is 2.52. The predicted octanol–water partition coefficient (Wildman–Crippen LogP) is 3.13. The van der Waals surface area contributed by atoms with Gasteiger partial charge in [0.25, 0.3) is 0 Å². The third-order valence-corrected chi connectivity index (χ3v) is 4.86. The number of aryl methyl sites for hydroxylation is 1. The molecule has 2 atom stereocenters. The molecule has 1 aromatic carbocycles. The van der Waals surface area contributed by atoms with Gasteiger partial charge in [0.15, 0.2) is 0 Å². The van der Waals surface area contributed by atoms with Crippen molar-refractivity contribution in [2.45, 2.75) is 51.0 Å². The van der Waals surface area contributed by atoms with Gasteiger partial charge < -0.3 is 9.64 Å². The quantitative estimate of drug-likeness (QED) is 0.828. The zero-order valence-corrected chi connectivity index (χ0v) is 12.4. The molecular weight excluding hydrogens is 250 g/mol. The number of hydrogen-bond donors (Lipinski definition) is 0. The molecule has 108 valence electrons. The number of nitrogens with zero attached hydrogens (tertiary/aromatic N) is 1. The Bertz CT molecular complexity index is 512. The number of piperidine rings is 1. The Kier molecular flexibility index (Phi) is 3.68. The van der Waals surface area contributed by atoms with E-state index in [2.05, 4.69) is 23.1 Å². The molecule has 0 bridgehead atoms. The van der Waals surface area contributed by atoms with E-state index in [4.69, 9.17) is 4.74 Å². The summed E-state index contributed by atoms with van der Waals surface area (Å²) >= 11 is 0. The summed E-state index contributed by atoms with van der Waals surface area (Å²) in [5, 5.41) is 0. The lowest BCUT2D eigenvalue weighted by atomic mass is 9.74. The van der Waals surface area contributed by atoms with Gasteiger partial charge in [0.05, 0.1) is 7.11 Å². The molecule has 1 aliphatic heterocycles. The Morgan fingerprint density at radius 1 is 1.40 bits per heavy atom. The Morgan fingerprint density at radius 3 is 3.00 bits per heavy atom. The highest BCUT2D eigenvalue weighted by Crippen LogP contribution is 2.42. The first kappa shape index (κ1) is 13.5. The van der Waals surface area contributed by atoms with Crippen LogP contribution in [0.25, 0.3) is 0 Å². The molecule has 1 amide bonds. The first-order valence-corrected chi connectivity index (χ1v) is 7.71. The summed E-state index contributed by atoms with van der Waals surface area (Å²) in [4.78, 5) is 14.3. The molecule has 1 fully saturated rings. The highest BCUT2D eigenvalue weighted by molar-refractivity contribution is 5.76. The Labute approximate surface area is 120 Å². The summed E-state index contributed by atoms with van der Waals surface area (Å²) in [5.41, 5.74) is 2.85. The summed E-state index contributed by atoms with van der Waals surface area (Å²) in [6.07, 6.45) is 5.11. The molecule has 0 saturated carbocycles. The molecular formula is C17H23NO2. The van der Waals surface area contributed by atoms with Crippen molar-refractivity contribution in [2.75, 3.05) is 13.7 Å². The minimum Gasteiger partial charge on any atom is -0.497 e. The fourth-order valence-electron chi connectivity index (χ4n) is 3.87. The normalized spacial score (nSPS) is 24.8. The maximum absolute atomic E-state index is 12.2. The van der Waals surface area contributed by atoms with Crippen molar-refractivity contribution in [3.8, 4) is 5.75 Å². The van der Waals surface area contributed by atoms with Gasteiger partial charge in [-0.1, -0.05) is 13.0 Å². The lowest BCUT2D eigenvalue weighted by molar-refractivity contribution is -0.135. The van der Waals surface area contributed by atoms with Gasteiger partial charge in [-0.15, -0.1) is 0 Å². The van der Waals surface area contributed by atoms with Crippen molar-refractivity contribution < 1.29 is 9.53 Å². The van der Waals surface area contributed by atoms with Gasteiger partial charge in [-0.05, 0) is 48.9 Å². The molecule has 1 aromatic rings. The maximum atomic E-state index is 12.2. The van der Waals surface area contributed by atoms with Gasteiger partial charge in [0, 0.05) is 24.9 Å². The van der Waals surface area contributed by atoms with E-state index in [1.54, 1.807) is 7.11 Å². The van der Waals surface area contributed by atoms with Crippen LogP contribution >= 0.6 is 0 Å². The zero-order chi connectivity index (χ0) is 14.1. The van der Waals surface area contributed by atoms with Crippen LogP contribution in [-0.2, 0) is 11.2 Å². The number of fused-ring (bicyclic) bond motifs is 3. The van der Waals surface area contributed by atoms with E-state index in [-0.39, 0.29) is 0 Å². The smallest absolute Gasteiger partial charge is 0.222 e. The molecule has 1 saturated heterocycles. The number of rotatable bonds is 2. The van der Waals surface area contributed by atoms with Crippen LogP contribution in [-0.4, -0.2) is 30.5 Å². The van der Waals surface area contributed by atoms with E-state index >= 15 is 0 Å². The van der Waals surface area contributed by atoms with Crippen LogP contribution in [0.4, 0.5) is 0 Å². The number of methoxy groups -OCH3 is 1. The number of carbonyl (C=O) groups excluding carboxylic acids is 1. The van der Waals surface area contributed by atoms with Crippen molar-refractivity contribution >= 4 is 5.91 Å². The van der Waals surface area contributed by atoms with Crippen molar-refractivity contribution in [1.82, 2.24) is 4.90 Å². The third-order valence-electron chi connectivity index (χ3n) is 4.86. The topological polar surface area (TPSA) is 29.5 Å². The Balaban J connectivity index is 1.93. The predicted molar refractivity (Wildman–Crippen MR) is 79.1 cm³/mol. The maximum Gasteiger partial charge on any atom is 0.222 e. The number of ether oxygens (including phenoxy) is 1. The summed E-state index contributed by atoms with van der Waals surface area (Å²) in [6.45, 7) is 2.90. The molecule has 20 heavy (non-hydrogen) atoms. The summed E-state index contributed by atoms with van der Waals surface area (Å²) in [6, 6.07) is 6.84. The van der Waals surface area contributed by atoms with E-state index < -0.39 is 0 Å². The minimum atomic E-state index is 0.311. The second kappa shape index (κ2) is 5.47. The van der Waals surface area contributed by atoms with Crippen molar-refractivity contribution in [3.05, 3.63) is 29.3 Å². The highest BCUT2D eigenvalue weighted by atomic mass is 16.5. The summed E-state index contributed by atoms with van der Waals surface area (Å²) in [7, 11) is 1.72. The van der Waals surface area contributed by atoms with Crippen LogP contribution < -0.4 is 4.74 Å². The molecule has 2 aliphatic rings. The first-order valence-electron chi connectivity index (χ1n) is 7.71. The number of amides is 1. The zero-order valence-electron chi connectivity index (χ0n) is 12.4. The second-order valence-electron chi connectivity index (χ2n) is 5.86. The molecule has 0 unspecified atom stereocenters. The van der Waals surface area contributed by atoms with Gasteiger partial charge in [-0.25, -0.2) is 0 Å². The van der Waals surface area contributed by atoms with E-state index in [1.807, 2.05) is 6.92 Å². The van der Waals surface area contributed by atoms with Crippen LogP contribution in [0.3, 0.4) is 0 Å².